The van der Waals surface area contributed by atoms with E-state index in [2.05, 4.69) is 33.8 Å². The fourth-order valence-electron chi connectivity index (χ4n) is 8.68. The molecule has 3 saturated carbocycles. The zero-order chi connectivity index (χ0) is 21.9. The van der Waals surface area contributed by atoms with E-state index >= 15 is 0 Å². The second-order valence-corrected chi connectivity index (χ2v) is 13.0. The fraction of sp³-hybridized carbons (Fsp3) is 0.929. The molecule has 2 nitrogen and oxygen atoms in total. The van der Waals surface area contributed by atoms with Gasteiger partial charge < -0.3 is 10.2 Å². The zero-order valence-electron chi connectivity index (χ0n) is 20.6. The molecular formula is C28H48O2. The zero-order valence-corrected chi connectivity index (χ0v) is 20.6. The lowest BCUT2D eigenvalue weighted by molar-refractivity contribution is -0.0581. The number of hydrogen-bond acceptors (Lipinski definition) is 2. The quantitative estimate of drug-likeness (QED) is 0.487. The van der Waals surface area contributed by atoms with E-state index in [1.807, 2.05) is 13.8 Å². The Morgan fingerprint density at radius 2 is 1.77 bits per heavy atom. The van der Waals surface area contributed by atoms with Gasteiger partial charge in [0.1, 0.15) is 0 Å². The summed E-state index contributed by atoms with van der Waals surface area (Å²) < 4.78 is 0. The molecule has 172 valence electrons. The Bertz CT molecular complexity index is 660. The predicted molar refractivity (Wildman–Crippen MR) is 125 cm³/mol. The van der Waals surface area contributed by atoms with Crippen LogP contribution in [0.2, 0.25) is 0 Å². The van der Waals surface area contributed by atoms with Gasteiger partial charge in [0.15, 0.2) is 0 Å². The Hall–Kier alpha value is -0.340. The van der Waals surface area contributed by atoms with Crippen molar-refractivity contribution in [2.24, 2.45) is 46.3 Å². The topological polar surface area (TPSA) is 40.5 Å². The van der Waals surface area contributed by atoms with Crippen LogP contribution in [0.25, 0.3) is 0 Å². The highest BCUT2D eigenvalue weighted by molar-refractivity contribution is 5.25. The normalized spacial score (nSPS) is 45.7. The average molecular weight is 417 g/mol. The standard InChI is InChI=1S/C28H48O2/c1-18(7-8-19(2)26(3,4)30)23-11-12-24-22-10-9-20-17-21(29)13-15-27(20,5)25(22)14-16-28(23,24)6/h9,18-19,21-25,29-30H,7-8,10-17H2,1-6H3/t18-,19?,21+,22+,23-,24+,25+,27+,28-/m1/s1. The van der Waals surface area contributed by atoms with Crippen molar-refractivity contribution in [3.63, 3.8) is 0 Å². The molecule has 4 rings (SSSR count). The van der Waals surface area contributed by atoms with E-state index in [9.17, 15) is 10.2 Å². The van der Waals surface area contributed by atoms with Crippen LogP contribution in [0.1, 0.15) is 106 Å². The van der Waals surface area contributed by atoms with Crippen molar-refractivity contribution in [3.8, 4) is 0 Å². The lowest BCUT2D eigenvalue weighted by Crippen LogP contribution is -2.50. The maximum atomic E-state index is 10.3. The summed E-state index contributed by atoms with van der Waals surface area (Å²) in [5, 5.41) is 20.6. The van der Waals surface area contributed by atoms with Crippen molar-refractivity contribution < 1.29 is 10.2 Å². The molecule has 3 fully saturated rings. The summed E-state index contributed by atoms with van der Waals surface area (Å²) in [6.07, 6.45) is 14.9. The molecule has 9 atom stereocenters. The van der Waals surface area contributed by atoms with Gasteiger partial charge in [0.05, 0.1) is 11.7 Å². The molecule has 0 amide bonds. The predicted octanol–water partition coefficient (Wildman–Crippen LogP) is 6.75. The van der Waals surface area contributed by atoms with Gasteiger partial charge in [0.2, 0.25) is 0 Å². The first kappa shape index (κ1) is 22.8. The van der Waals surface area contributed by atoms with E-state index in [1.165, 1.54) is 44.9 Å². The lowest BCUT2D eigenvalue weighted by Gasteiger charge is -2.58. The molecule has 0 aromatic rings. The van der Waals surface area contributed by atoms with Gasteiger partial charge in [-0.05, 0) is 118 Å². The van der Waals surface area contributed by atoms with Gasteiger partial charge in [0, 0.05) is 0 Å². The molecule has 0 heterocycles. The van der Waals surface area contributed by atoms with E-state index in [-0.39, 0.29) is 6.10 Å². The number of aliphatic hydroxyl groups is 2. The average Bonchev–Trinajstić information content (AvgIpc) is 3.03. The molecule has 0 aliphatic heterocycles. The Kier molecular flexibility index (Phi) is 6.02. The van der Waals surface area contributed by atoms with Crippen molar-refractivity contribution in [1.82, 2.24) is 0 Å². The van der Waals surface area contributed by atoms with Crippen molar-refractivity contribution in [2.75, 3.05) is 0 Å². The van der Waals surface area contributed by atoms with Crippen molar-refractivity contribution >= 4 is 0 Å². The molecule has 30 heavy (non-hydrogen) atoms. The minimum Gasteiger partial charge on any atom is -0.393 e. The summed E-state index contributed by atoms with van der Waals surface area (Å²) in [4.78, 5) is 0. The highest BCUT2D eigenvalue weighted by Crippen LogP contribution is 2.67. The lowest BCUT2D eigenvalue weighted by atomic mass is 9.47. The SMILES string of the molecule is CC(CC[C@@H](C)[C@H]1CC[C@H]2[C@@H]3CC=C4C[C@@H](O)CC[C@]4(C)[C@H]3CC[C@]12C)C(C)(C)O. The second kappa shape index (κ2) is 7.91. The minimum absolute atomic E-state index is 0.0993. The molecule has 1 unspecified atom stereocenters. The monoisotopic (exact) mass is 416 g/mol. The summed E-state index contributed by atoms with van der Waals surface area (Å²) >= 11 is 0. The molecular weight excluding hydrogens is 368 g/mol. The minimum atomic E-state index is -0.560. The largest absolute Gasteiger partial charge is 0.393 e. The van der Waals surface area contributed by atoms with Gasteiger partial charge in [-0.2, -0.15) is 0 Å². The van der Waals surface area contributed by atoms with Crippen molar-refractivity contribution in [3.05, 3.63) is 11.6 Å². The molecule has 0 bridgehead atoms. The molecule has 4 aliphatic carbocycles. The molecule has 0 spiro atoms. The highest BCUT2D eigenvalue weighted by Gasteiger charge is 2.59. The van der Waals surface area contributed by atoms with Crippen LogP contribution < -0.4 is 0 Å². The molecule has 0 saturated heterocycles. The Morgan fingerprint density at radius 3 is 2.47 bits per heavy atom. The van der Waals surface area contributed by atoms with Crippen LogP contribution >= 0.6 is 0 Å². The third kappa shape index (κ3) is 3.72. The van der Waals surface area contributed by atoms with E-state index in [1.54, 1.807) is 5.57 Å². The first-order valence-corrected chi connectivity index (χ1v) is 13.1. The summed E-state index contributed by atoms with van der Waals surface area (Å²) in [6.45, 7) is 13.8. The summed E-state index contributed by atoms with van der Waals surface area (Å²) in [5.74, 6) is 4.56. The Labute approximate surface area is 185 Å². The van der Waals surface area contributed by atoms with Crippen LogP contribution in [0.3, 0.4) is 0 Å². The van der Waals surface area contributed by atoms with Gasteiger partial charge in [-0.3, -0.25) is 0 Å². The van der Waals surface area contributed by atoms with Crippen molar-refractivity contribution in [1.29, 1.82) is 0 Å². The molecule has 2 heteroatoms. The third-order valence-corrected chi connectivity index (χ3v) is 11.1. The van der Waals surface area contributed by atoms with E-state index in [0.29, 0.717) is 16.7 Å². The van der Waals surface area contributed by atoms with Crippen LogP contribution in [0.5, 0.6) is 0 Å². The molecule has 0 aromatic heterocycles. The van der Waals surface area contributed by atoms with Gasteiger partial charge in [-0.1, -0.05) is 45.8 Å². The second-order valence-electron chi connectivity index (χ2n) is 13.0. The van der Waals surface area contributed by atoms with Crippen molar-refractivity contribution in [2.45, 2.75) is 117 Å². The summed E-state index contributed by atoms with van der Waals surface area (Å²) in [5.41, 5.74) is 1.90. The Morgan fingerprint density at radius 1 is 1.03 bits per heavy atom. The number of allylic oxidation sites excluding steroid dienone is 1. The van der Waals surface area contributed by atoms with Crippen LogP contribution in [0.4, 0.5) is 0 Å². The molecule has 0 radical (unpaired) electrons. The summed E-state index contributed by atoms with van der Waals surface area (Å²) in [7, 11) is 0. The molecule has 0 aromatic carbocycles. The third-order valence-electron chi connectivity index (χ3n) is 11.1. The summed E-state index contributed by atoms with van der Waals surface area (Å²) in [6, 6.07) is 0. The maximum Gasteiger partial charge on any atom is 0.0617 e. The molecule has 2 N–H and O–H groups in total. The number of aliphatic hydroxyl groups excluding tert-OH is 1. The van der Waals surface area contributed by atoms with Crippen LogP contribution in [-0.4, -0.2) is 21.9 Å². The van der Waals surface area contributed by atoms with Gasteiger partial charge >= 0.3 is 0 Å². The van der Waals surface area contributed by atoms with E-state index < -0.39 is 5.60 Å². The maximum absolute atomic E-state index is 10.3. The Balaban J connectivity index is 1.47. The van der Waals surface area contributed by atoms with E-state index in [0.717, 1.165) is 48.9 Å². The van der Waals surface area contributed by atoms with Gasteiger partial charge in [-0.25, -0.2) is 0 Å². The fourth-order valence-corrected chi connectivity index (χ4v) is 8.68. The van der Waals surface area contributed by atoms with Crippen LogP contribution in [0.15, 0.2) is 11.6 Å². The number of rotatable bonds is 5. The van der Waals surface area contributed by atoms with Crippen LogP contribution in [0, 0.1) is 46.3 Å². The number of fused-ring (bicyclic) bond motifs is 5. The van der Waals surface area contributed by atoms with Gasteiger partial charge in [-0.15, -0.1) is 0 Å². The molecule has 4 aliphatic rings. The smallest absolute Gasteiger partial charge is 0.0617 e. The van der Waals surface area contributed by atoms with Gasteiger partial charge in [0.25, 0.3) is 0 Å². The van der Waals surface area contributed by atoms with E-state index in [4.69, 9.17) is 0 Å². The number of hydrogen-bond donors (Lipinski definition) is 2. The van der Waals surface area contributed by atoms with Crippen LogP contribution in [-0.2, 0) is 0 Å². The highest BCUT2D eigenvalue weighted by atomic mass is 16.3. The first-order valence-electron chi connectivity index (χ1n) is 13.1. The first-order chi connectivity index (χ1) is 14.0.